The second-order valence-electron chi connectivity index (χ2n) is 6.43. The largest absolute Gasteiger partial charge is 0.348 e. The lowest BCUT2D eigenvalue weighted by atomic mass is 10.1. The molecule has 138 valence electrons. The third-order valence-corrected chi connectivity index (χ3v) is 6.57. The van der Waals surface area contributed by atoms with Gasteiger partial charge in [0.2, 0.25) is 10.0 Å². The van der Waals surface area contributed by atoms with Crippen LogP contribution in [-0.4, -0.2) is 26.6 Å². The monoisotopic (exact) mass is 392 g/mol. The fourth-order valence-corrected chi connectivity index (χ4v) is 4.86. The van der Waals surface area contributed by atoms with Crippen molar-refractivity contribution in [1.29, 1.82) is 0 Å². The van der Waals surface area contributed by atoms with Gasteiger partial charge in [0.05, 0.1) is 22.0 Å². The van der Waals surface area contributed by atoms with Crippen LogP contribution >= 0.6 is 11.6 Å². The third kappa shape index (κ3) is 4.19. The van der Waals surface area contributed by atoms with Crippen molar-refractivity contribution in [2.75, 3.05) is 16.6 Å². The van der Waals surface area contributed by atoms with E-state index in [1.165, 1.54) is 4.31 Å². The molecule has 7 heteroatoms. The number of sulfonamides is 1. The zero-order chi connectivity index (χ0) is 18.7. The van der Waals surface area contributed by atoms with Gasteiger partial charge in [-0.2, -0.15) is 0 Å². The van der Waals surface area contributed by atoms with Gasteiger partial charge in [-0.3, -0.25) is 9.10 Å². The number of carbonyl (C=O) groups excluding carboxylic acids is 1. The molecule has 1 N–H and O–H groups in total. The van der Waals surface area contributed by atoms with E-state index in [-0.39, 0.29) is 17.2 Å². The number of aryl methyl sites for hydroxylation is 1. The topological polar surface area (TPSA) is 66.5 Å². The number of benzene rings is 2. The summed E-state index contributed by atoms with van der Waals surface area (Å²) in [6, 6.07) is 12.6. The van der Waals surface area contributed by atoms with Gasteiger partial charge in [0.15, 0.2) is 0 Å². The molecule has 0 aliphatic carbocycles. The number of hydrogen-bond donors (Lipinski definition) is 1. The Labute approximate surface area is 159 Å². The van der Waals surface area contributed by atoms with Crippen molar-refractivity contribution in [3.8, 4) is 0 Å². The molecule has 2 aromatic carbocycles. The highest BCUT2D eigenvalue weighted by Gasteiger charge is 2.27. The summed E-state index contributed by atoms with van der Waals surface area (Å²) >= 11 is 6.18. The Balaban J connectivity index is 1.80. The Bertz CT molecular complexity index is 928. The van der Waals surface area contributed by atoms with E-state index in [4.69, 9.17) is 11.6 Å². The molecule has 1 heterocycles. The zero-order valence-electron chi connectivity index (χ0n) is 14.5. The number of halogens is 1. The number of amides is 1. The van der Waals surface area contributed by atoms with Gasteiger partial charge in [-0.15, -0.1) is 0 Å². The van der Waals surface area contributed by atoms with E-state index in [9.17, 15) is 13.2 Å². The van der Waals surface area contributed by atoms with Crippen LogP contribution in [0.2, 0.25) is 5.02 Å². The van der Waals surface area contributed by atoms with Crippen LogP contribution in [0.5, 0.6) is 0 Å². The first-order chi connectivity index (χ1) is 12.4. The first-order valence-corrected chi connectivity index (χ1v) is 10.5. The summed E-state index contributed by atoms with van der Waals surface area (Å²) < 4.78 is 25.9. The lowest BCUT2D eigenvalue weighted by molar-refractivity contribution is 0.0951. The summed E-state index contributed by atoms with van der Waals surface area (Å²) in [5, 5.41) is 3.14. The van der Waals surface area contributed by atoms with Crippen LogP contribution in [0.3, 0.4) is 0 Å². The molecule has 5 nitrogen and oxygen atoms in total. The Morgan fingerprint density at radius 3 is 2.73 bits per heavy atom. The van der Waals surface area contributed by atoms with Gasteiger partial charge in [0.25, 0.3) is 5.91 Å². The lowest BCUT2D eigenvalue weighted by Gasteiger charge is -2.28. The van der Waals surface area contributed by atoms with Gasteiger partial charge in [-0.25, -0.2) is 8.42 Å². The molecule has 3 rings (SSSR count). The van der Waals surface area contributed by atoms with Crippen LogP contribution in [0.15, 0.2) is 42.5 Å². The molecule has 1 amide bonds. The van der Waals surface area contributed by atoms with Gasteiger partial charge in [-0.1, -0.05) is 41.4 Å². The molecule has 26 heavy (non-hydrogen) atoms. The molecule has 1 aliphatic rings. The summed E-state index contributed by atoms with van der Waals surface area (Å²) in [5.74, 6) is -0.197. The predicted molar refractivity (Wildman–Crippen MR) is 104 cm³/mol. The van der Waals surface area contributed by atoms with Gasteiger partial charge < -0.3 is 5.32 Å². The van der Waals surface area contributed by atoms with Gasteiger partial charge >= 0.3 is 0 Å². The fraction of sp³-hybridized carbons (Fsp3) is 0.316. The molecule has 1 aliphatic heterocycles. The summed E-state index contributed by atoms with van der Waals surface area (Å²) in [6.45, 7) is 2.79. The molecule has 0 radical (unpaired) electrons. The predicted octanol–water partition coefficient (Wildman–Crippen LogP) is 3.51. The van der Waals surface area contributed by atoms with E-state index in [1.54, 1.807) is 18.2 Å². The minimum Gasteiger partial charge on any atom is -0.348 e. The van der Waals surface area contributed by atoms with Crippen LogP contribution in [0, 0.1) is 6.92 Å². The van der Waals surface area contributed by atoms with E-state index in [0.717, 1.165) is 17.5 Å². The third-order valence-electron chi connectivity index (χ3n) is 4.37. The van der Waals surface area contributed by atoms with Gasteiger partial charge in [0, 0.05) is 13.1 Å². The zero-order valence-corrected chi connectivity index (χ0v) is 16.1. The van der Waals surface area contributed by atoms with Crippen molar-refractivity contribution in [2.24, 2.45) is 0 Å². The van der Waals surface area contributed by atoms with Crippen molar-refractivity contribution in [3.63, 3.8) is 0 Å². The minimum atomic E-state index is -3.33. The van der Waals surface area contributed by atoms with Crippen molar-refractivity contribution in [1.82, 2.24) is 5.32 Å². The first kappa shape index (κ1) is 18.7. The highest BCUT2D eigenvalue weighted by molar-refractivity contribution is 7.92. The van der Waals surface area contributed by atoms with E-state index in [1.807, 2.05) is 31.2 Å². The molecule has 1 fully saturated rings. The highest BCUT2D eigenvalue weighted by Crippen LogP contribution is 2.28. The van der Waals surface area contributed by atoms with Crippen LogP contribution in [-0.2, 0) is 16.6 Å². The molecule has 0 atom stereocenters. The number of hydrogen-bond acceptors (Lipinski definition) is 3. The van der Waals surface area contributed by atoms with Crippen molar-refractivity contribution in [3.05, 3.63) is 64.2 Å². The van der Waals surface area contributed by atoms with Crippen molar-refractivity contribution in [2.45, 2.75) is 26.3 Å². The molecule has 1 saturated heterocycles. The maximum absolute atomic E-state index is 12.6. The number of nitrogens with one attached hydrogen (secondary N) is 1. The Hall–Kier alpha value is -2.05. The van der Waals surface area contributed by atoms with E-state index in [0.29, 0.717) is 30.2 Å². The summed E-state index contributed by atoms with van der Waals surface area (Å²) in [7, 11) is -3.33. The maximum Gasteiger partial charge on any atom is 0.253 e. The normalized spacial score (nSPS) is 16.3. The Kier molecular flexibility index (Phi) is 5.53. The second-order valence-corrected chi connectivity index (χ2v) is 8.85. The minimum absolute atomic E-state index is 0.129. The Morgan fingerprint density at radius 1 is 1.19 bits per heavy atom. The average molecular weight is 393 g/mol. The molecule has 0 spiro atoms. The molecular weight excluding hydrogens is 372 g/mol. The molecule has 0 bridgehead atoms. The quantitative estimate of drug-likeness (QED) is 0.865. The summed E-state index contributed by atoms with van der Waals surface area (Å²) in [5.41, 5.74) is 2.86. The number of anilines is 1. The number of rotatable bonds is 4. The van der Waals surface area contributed by atoms with Crippen LogP contribution < -0.4 is 9.62 Å². The van der Waals surface area contributed by atoms with E-state index < -0.39 is 10.0 Å². The molecule has 0 unspecified atom stereocenters. The van der Waals surface area contributed by atoms with E-state index in [2.05, 4.69) is 5.32 Å². The molecule has 0 aromatic heterocycles. The maximum atomic E-state index is 12.6. The van der Waals surface area contributed by atoms with E-state index >= 15 is 0 Å². The van der Waals surface area contributed by atoms with Gasteiger partial charge in [-0.05, 0) is 43.5 Å². The SMILES string of the molecule is Cc1cccc(CNC(=O)c2cc(N3CCCCS3(=O)=O)ccc2Cl)c1. The first-order valence-electron chi connectivity index (χ1n) is 8.50. The summed E-state index contributed by atoms with van der Waals surface area (Å²) in [4.78, 5) is 12.6. The molecule has 2 aromatic rings. The summed E-state index contributed by atoms with van der Waals surface area (Å²) in [6.07, 6.45) is 1.47. The smallest absolute Gasteiger partial charge is 0.253 e. The second kappa shape index (κ2) is 7.68. The standard InChI is InChI=1S/C19H21ClN2O3S/c1-14-5-4-6-15(11-14)13-21-19(23)17-12-16(7-8-18(17)20)22-9-2-3-10-26(22,24)25/h4-8,11-12H,2-3,9-10,13H2,1H3,(H,21,23). The average Bonchev–Trinajstić information content (AvgIpc) is 2.60. The fourth-order valence-electron chi connectivity index (χ4n) is 3.02. The van der Waals surface area contributed by atoms with Crippen molar-refractivity contribution < 1.29 is 13.2 Å². The van der Waals surface area contributed by atoms with Gasteiger partial charge in [0.1, 0.15) is 0 Å². The molecular formula is C19H21ClN2O3S. The van der Waals surface area contributed by atoms with Crippen LogP contribution in [0.25, 0.3) is 0 Å². The van der Waals surface area contributed by atoms with Crippen LogP contribution in [0.1, 0.15) is 34.3 Å². The highest BCUT2D eigenvalue weighted by atomic mass is 35.5. The Morgan fingerprint density at radius 2 is 2.00 bits per heavy atom. The lowest BCUT2D eigenvalue weighted by Crippen LogP contribution is -2.38. The molecule has 0 saturated carbocycles. The van der Waals surface area contributed by atoms with Crippen molar-refractivity contribution >= 4 is 33.2 Å². The number of nitrogens with zero attached hydrogens (tertiary/aromatic N) is 1. The van der Waals surface area contributed by atoms with Crippen LogP contribution in [0.4, 0.5) is 5.69 Å². The number of carbonyl (C=O) groups is 1.